The van der Waals surface area contributed by atoms with E-state index in [9.17, 15) is 24.0 Å². The van der Waals surface area contributed by atoms with Crippen molar-refractivity contribution in [1.29, 1.82) is 0 Å². The number of rotatable bonds is 8. The van der Waals surface area contributed by atoms with E-state index in [1.165, 1.54) is 0 Å². The number of benzene rings is 1. The molecule has 1 aromatic rings. The monoisotopic (exact) mass is 538 g/mol. The van der Waals surface area contributed by atoms with Gasteiger partial charge in [-0.15, -0.1) is 0 Å². The molecule has 1 saturated heterocycles. The molecule has 2 rings (SSSR count). The summed E-state index contributed by atoms with van der Waals surface area (Å²) in [7, 11) is 0. The summed E-state index contributed by atoms with van der Waals surface area (Å²) in [5, 5.41) is 10.2. The Morgan fingerprint density at radius 3 is 2.32 bits per heavy atom. The van der Waals surface area contributed by atoms with Crippen LogP contribution in [0, 0.1) is 5.92 Å². The predicted octanol–water partition coefficient (Wildman–Crippen LogP) is 2.27. The molecule has 4 amide bonds. The van der Waals surface area contributed by atoms with Crippen LogP contribution in [-0.4, -0.2) is 53.3 Å². The Bertz CT molecular complexity index is 957. The van der Waals surface area contributed by atoms with E-state index in [0.717, 1.165) is 4.47 Å². The Morgan fingerprint density at radius 2 is 1.76 bits per heavy atom. The van der Waals surface area contributed by atoms with Gasteiger partial charge in [0.25, 0.3) is 5.91 Å². The van der Waals surface area contributed by atoms with Gasteiger partial charge in [0.05, 0.1) is 12.8 Å². The predicted molar refractivity (Wildman–Crippen MR) is 129 cm³/mol. The highest BCUT2D eigenvalue weighted by atomic mass is 79.9. The Hall–Kier alpha value is -2.95. The third-order valence-electron chi connectivity index (χ3n) is 5.18. The number of urea groups is 1. The van der Waals surface area contributed by atoms with Crippen LogP contribution in [0.25, 0.3) is 0 Å². The number of nitrogens with one attached hydrogen (secondary N) is 4. The molecule has 11 heteroatoms. The zero-order valence-corrected chi connectivity index (χ0v) is 21.5. The van der Waals surface area contributed by atoms with Crippen LogP contribution in [0.3, 0.4) is 0 Å². The van der Waals surface area contributed by atoms with Crippen molar-refractivity contribution < 1.29 is 28.7 Å². The number of anilines is 1. The van der Waals surface area contributed by atoms with Crippen molar-refractivity contribution >= 4 is 51.2 Å². The first-order chi connectivity index (χ1) is 15.7. The summed E-state index contributed by atoms with van der Waals surface area (Å²) >= 11 is 3.30. The molecule has 0 radical (unpaired) electrons. The summed E-state index contributed by atoms with van der Waals surface area (Å²) in [5.74, 6) is -2.68. The van der Waals surface area contributed by atoms with Crippen molar-refractivity contribution in [2.24, 2.45) is 5.92 Å². The highest BCUT2D eigenvalue weighted by Crippen LogP contribution is 2.29. The minimum absolute atomic E-state index is 0.0291. The Kier molecular flexibility index (Phi) is 8.82. The number of hydrogen-bond donors (Lipinski definition) is 4. The third-order valence-corrected chi connectivity index (χ3v) is 5.71. The van der Waals surface area contributed by atoms with E-state index >= 15 is 0 Å². The molecule has 0 aromatic heterocycles. The molecule has 34 heavy (non-hydrogen) atoms. The molecule has 2 atom stereocenters. The molecule has 4 N–H and O–H groups in total. The summed E-state index contributed by atoms with van der Waals surface area (Å²) in [5.41, 5.74) is -1.64. The molecule has 2 unspecified atom stereocenters. The topological polar surface area (TPSA) is 143 Å². The average molecular weight is 539 g/mol. The molecular formula is C23H31BrN4O6. The van der Waals surface area contributed by atoms with Crippen molar-refractivity contribution in [3.05, 3.63) is 28.7 Å². The Morgan fingerprint density at radius 1 is 1.15 bits per heavy atom. The van der Waals surface area contributed by atoms with Gasteiger partial charge < -0.3 is 26.0 Å². The van der Waals surface area contributed by atoms with Crippen LogP contribution in [-0.2, 0) is 23.9 Å². The van der Waals surface area contributed by atoms with Gasteiger partial charge in [0.1, 0.15) is 11.1 Å². The maximum Gasteiger partial charge on any atom is 0.320 e. The second-order valence-electron chi connectivity index (χ2n) is 9.38. The number of ketones is 1. The summed E-state index contributed by atoms with van der Waals surface area (Å²) in [6, 6.07) is 4.60. The van der Waals surface area contributed by atoms with E-state index in [0.29, 0.717) is 5.69 Å². The lowest BCUT2D eigenvalue weighted by molar-refractivity contribution is -0.154. The fraction of sp³-hybridized carbons (Fsp3) is 0.522. The van der Waals surface area contributed by atoms with Crippen LogP contribution >= 0.6 is 15.9 Å². The first kappa shape index (κ1) is 27.3. The molecule has 10 nitrogen and oxygen atoms in total. The molecule has 1 aliphatic heterocycles. The lowest BCUT2D eigenvalue weighted by Crippen LogP contribution is -2.55. The molecule has 0 bridgehead atoms. The average Bonchev–Trinajstić information content (AvgIpc) is 2.93. The molecule has 0 aliphatic carbocycles. The second-order valence-corrected chi connectivity index (χ2v) is 10.3. The first-order valence-electron chi connectivity index (χ1n) is 10.9. The van der Waals surface area contributed by atoms with E-state index < -0.39 is 52.7 Å². The van der Waals surface area contributed by atoms with E-state index in [1.54, 1.807) is 58.9 Å². The molecule has 1 fully saturated rings. The molecule has 1 aromatic carbocycles. The second kappa shape index (κ2) is 11.0. The van der Waals surface area contributed by atoms with Crippen molar-refractivity contribution in [1.82, 2.24) is 16.0 Å². The van der Waals surface area contributed by atoms with Gasteiger partial charge in [0.2, 0.25) is 5.91 Å². The van der Waals surface area contributed by atoms with Gasteiger partial charge in [0, 0.05) is 16.7 Å². The summed E-state index contributed by atoms with van der Waals surface area (Å²) in [4.78, 5) is 62.5. The quantitative estimate of drug-likeness (QED) is 0.295. The van der Waals surface area contributed by atoms with Crippen LogP contribution in [0.1, 0.15) is 47.5 Å². The fourth-order valence-electron chi connectivity index (χ4n) is 3.47. The lowest BCUT2D eigenvalue weighted by Gasteiger charge is -2.31. The van der Waals surface area contributed by atoms with Crippen LogP contribution in [0.4, 0.5) is 10.5 Å². The number of hydrogen-bond acceptors (Lipinski definition) is 6. The lowest BCUT2D eigenvalue weighted by atomic mass is 9.80. The standard InChI is InChI=1S/C23H31BrN4O6/c1-13(2)23(12-16(29)25-11-10-17(30)34-22(3,4)5)19(31)18(20(32)28-23)27-21(33)26-15-8-6-14(24)7-9-15/h6-9,13,18H,10-12H2,1-5H3,(H,25,29)(H,28,32)(H2,26,27,33). The highest BCUT2D eigenvalue weighted by molar-refractivity contribution is 9.10. The van der Waals surface area contributed by atoms with Crippen molar-refractivity contribution in [2.45, 2.75) is 64.6 Å². The minimum Gasteiger partial charge on any atom is -0.460 e. The summed E-state index contributed by atoms with van der Waals surface area (Å²) in [6.45, 7) is 8.67. The van der Waals surface area contributed by atoms with Crippen molar-refractivity contribution in [3.63, 3.8) is 0 Å². The van der Waals surface area contributed by atoms with Crippen LogP contribution in [0.15, 0.2) is 28.7 Å². The molecule has 1 aliphatic rings. The smallest absolute Gasteiger partial charge is 0.320 e. The van der Waals surface area contributed by atoms with Crippen molar-refractivity contribution in [2.75, 3.05) is 11.9 Å². The van der Waals surface area contributed by atoms with E-state index in [2.05, 4.69) is 37.2 Å². The molecular weight excluding hydrogens is 508 g/mol. The van der Waals surface area contributed by atoms with Gasteiger partial charge in [-0.3, -0.25) is 19.2 Å². The molecule has 1 heterocycles. The van der Waals surface area contributed by atoms with Gasteiger partial charge in [-0.05, 0) is 51.0 Å². The van der Waals surface area contributed by atoms with E-state index in [4.69, 9.17) is 4.74 Å². The highest BCUT2D eigenvalue weighted by Gasteiger charge is 2.55. The van der Waals surface area contributed by atoms with Gasteiger partial charge in [0.15, 0.2) is 11.8 Å². The number of carbonyl (C=O) groups excluding carboxylic acids is 5. The maximum absolute atomic E-state index is 13.2. The van der Waals surface area contributed by atoms with Gasteiger partial charge >= 0.3 is 12.0 Å². The number of esters is 1. The zero-order chi connectivity index (χ0) is 25.7. The van der Waals surface area contributed by atoms with Crippen LogP contribution in [0.5, 0.6) is 0 Å². The summed E-state index contributed by atoms with van der Waals surface area (Å²) in [6.07, 6.45) is -0.353. The number of Topliss-reactive ketones (excluding diaryl/α,β-unsaturated/α-hetero) is 1. The van der Waals surface area contributed by atoms with E-state index in [1.807, 2.05) is 0 Å². The van der Waals surface area contributed by atoms with Gasteiger partial charge in [-0.2, -0.15) is 0 Å². The Balaban J connectivity index is 1.99. The molecule has 0 saturated carbocycles. The minimum atomic E-state index is -1.48. The molecule has 0 spiro atoms. The van der Waals surface area contributed by atoms with E-state index in [-0.39, 0.29) is 19.4 Å². The molecule has 186 valence electrons. The summed E-state index contributed by atoms with van der Waals surface area (Å²) < 4.78 is 6.02. The SMILES string of the molecule is CC(C)C1(CC(=O)NCCC(=O)OC(C)(C)C)NC(=O)C(NC(=O)Nc2ccc(Br)cc2)C1=O. The van der Waals surface area contributed by atoms with Crippen LogP contribution in [0.2, 0.25) is 0 Å². The van der Waals surface area contributed by atoms with Crippen LogP contribution < -0.4 is 21.3 Å². The zero-order valence-electron chi connectivity index (χ0n) is 19.9. The first-order valence-corrected chi connectivity index (χ1v) is 11.7. The fourth-order valence-corrected chi connectivity index (χ4v) is 3.73. The van der Waals surface area contributed by atoms with Gasteiger partial charge in [-0.1, -0.05) is 29.8 Å². The number of amides is 4. The van der Waals surface area contributed by atoms with Gasteiger partial charge in [-0.25, -0.2) is 4.79 Å². The Labute approximate surface area is 207 Å². The normalized spacial score (nSPS) is 20.0. The maximum atomic E-state index is 13.2. The van der Waals surface area contributed by atoms with Crippen molar-refractivity contribution in [3.8, 4) is 0 Å². The number of carbonyl (C=O) groups is 5. The third kappa shape index (κ3) is 7.28. The number of ether oxygens (including phenoxy) is 1. The largest absolute Gasteiger partial charge is 0.460 e. The number of halogens is 1.